The SMILES string of the molecule is CC(C)CCCC(C)NC(=O)CN1CC(C)CC(N)C1. The van der Waals surface area contributed by atoms with Gasteiger partial charge >= 0.3 is 0 Å². The molecule has 3 atom stereocenters. The van der Waals surface area contributed by atoms with Gasteiger partial charge in [0.2, 0.25) is 5.91 Å². The monoisotopic (exact) mass is 283 g/mol. The number of rotatable bonds is 7. The van der Waals surface area contributed by atoms with Crippen LogP contribution in [0.5, 0.6) is 0 Å². The van der Waals surface area contributed by atoms with E-state index in [9.17, 15) is 4.79 Å². The van der Waals surface area contributed by atoms with Gasteiger partial charge < -0.3 is 11.1 Å². The summed E-state index contributed by atoms with van der Waals surface area (Å²) >= 11 is 0. The molecule has 0 spiro atoms. The Morgan fingerprint density at radius 2 is 2.00 bits per heavy atom. The normalized spacial score (nSPS) is 25.7. The Balaban J connectivity index is 2.21. The summed E-state index contributed by atoms with van der Waals surface area (Å²) < 4.78 is 0. The molecule has 118 valence electrons. The molecule has 1 saturated heterocycles. The summed E-state index contributed by atoms with van der Waals surface area (Å²) in [5.74, 6) is 1.48. The van der Waals surface area contributed by atoms with Gasteiger partial charge in [-0.05, 0) is 31.6 Å². The number of amides is 1. The van der Waals surface area contributed by atoms with Crippen molar-refractivity contribution in [3.63, 3.8) is 0 Å². The Morgan fingerprint density at radius 3 is 2.60 bits per heavy atom. The first-order valence-corrected chi connectivity index (χ1v) is 8.14. The Morgan fingerprint density at radius 1 is 1.30 bits per heavy atom. The molecular weight excluding hydrogens is 250 g/mol. The fourth-order valence-corrected chi connectivity index (χ4v) is 3.07. The van der Waals surface area contributed by atoms with Gasteiger partial charge in [-0.2, -0.15) is 0 Å². The van der Waals surface area contributed by atoms with Crippen molar-refractivity contribution in [2.75, 3.05) is 19.6 Å². The van der Waals surface area contributed by atoms with Crippen LogP contribution in [-0.2, 0) is 4.79 Å². The minimum Gasteiger partial charge on any atom is -0.353 e. The molecule has 1 aliphatic rings. The summed E-state index contributed by atoms with van der Waals surface area (Å²) in [5, 5.41) is 3.11. The molecule has 0 aromatic carbocycles. The fourth-order valence-electron chi connectivity index (χ4n) is 3.07. The molecule has 0 aromatic heterocycles. The van der Waals surface area contributed by atoms with E-state index in [0.29, 0.717) is 12.5 Å². The van der Waals surface area contributed by atoms with Gasteiger partial charge in [0.15, 0.2) is 0 Å². The van der Waals surface area contributed by atoms with E-state index in [0.717, 1.165) is 31.8 Å². The highest BCUT2D eigenvalue weighted by Crippen LogP contribution is 2.14. The van der Waals surface area contributed by atoms with Crippen LogP contribution >= 0.6 is 0 Å². The van der Waals surface area contributed by atoms with Gasteiger partial charge in [-0.15, -0.1) is 0 Å². The van der Waals surface area contributed by atoms with Gasteiger partial charge in [0.05, 0.1) is 6.54 Å². The summed E-state index contributed by atoms with van der Waals surface area (Å²) in [6.07, 6.45) is 4.56. The largest absolute Gasteiger partial charge is 0.353 e. The molecule has 4 nitrogen and oxygen atoms in total. The van der Waals surface area contributed by atoms with E-state index in [1.54, 1.807) is 0 Å². The van der Waals surface area contributed by atoms with Gasteiger partial charge in [-0.1, -0.05) is 33.6 Å². The summed E-state index contributed by atoms with van der Waals surface area (Å²) in [5.41, 5.74) is 6.01. The van der Waals surface area contributed by atoms with Crippen LogP contribution in [0.25, 0.3) is 0 Å². The minimum absolute atomic E-state index is 0.142. The van der Waals surface area contributed by atoms with Crippen molar-refractivity contribution in [3.8, 4) is 0 Å². The molecule has 4 heteroatoms. The third-order valence-electron chi connectivity index (χ3n) is 3.96. The standard InChI is InChI=1S/C16H33N3O/c1-12(2)6-5-7-14(4)18-16(20)11-19-9-13(3)8-15(17)10-19/h12-15H,5-11,17H2,1-4H3,(H,18,20). The molecule has 1 heterocycles. The van der Waals surface area contributed by atoms with Crippen LogP contribution in [0.2, 0.25) is 0 Å². The number of carbonyl (C=O) groups excluding carboxylic acids is 1. The van der Waals surface area contributed by atoms with Crippen LogP contribution in [0.4, 0.5) is 0 Å². The van der Waals surface area contributed by atoms with Crippen molar-refractivity contribution >= 4 is 5.91 Å². The molecule has 0 saturated carbocycles. The lowest BCUT2D eigenvalue weighted by Gasteiger charge is -2.34. The van der Waals surface area contributed by atoms with Crippen molar-refractivity contribution < 1.29 is 4.79 Å². The van der Waals surface area contributed by atoms with Gasteiger partial charge in [0.1, 0.15) is 0 Å². The Bertz CT molecular complexity index is 283. The first-order chi connectivity index (χ1) is 9.36. The van der Waals surface area contributed by atoms with E-state index < -0.39 is 0 Å². The molecule has 3 N–H and O–H groups in total. The lowest BCUT2D eigenvalue weighted by atomic mass is 9.96. The molecule has 3 unspecified atom stereocenters. The second-order valence-corrected chi connectivity index (χ2v) is 7.09. The van der Waals surface area contributed by atoms with E-state index in [2.05, 4.69) is 37.9 Å². The predicted molar refractivity (Wildman–Crippen MR) is 84.5 cm³/mol. The maximum absolute atomic E-state index is 12.0. The first-order valence-electron chi connectivity index (χ1n) is 8.14. The zero-order valence-corrected chi connectivity index (χ0v) is 13.7. The van der Waals surface area contributed by atoms with Crippen molar-refractivity contribution in [2.24, 2.45) is 17.6 Å². The summed E-state index contributed by atoms with van der Waals surface area (Å²) in [6, 6.07) is 0.493. The Labute approximate surface area is 124 Å². The van der Waals surface area contributed by atoms with Crippen molar-refractivity contribution in [3.05, 3.63) is 0 Å². The zero-order valence-electron chi connectivity index (χ0n) is 13.7. The number of nitrogens with one attached hydrogen (secondary N) is 1. The summed E-state index contributed by atoms with van der Waals surface area (Å²) in [7, 11) is 0. The number of nitrogens with zero attached hydrogens (tertiary/aromatic N) is 1. The minimum atomic E-state index is 0.142. The first kappa shape index (κ1) is 17.4. The van der Waals surface area contributed by atoms with Crippen molar-refractivity contribution in [1.29, 1.82) is 0 Å². The lowest BCUT2D eigenvalue weighted by molar-refractivity contribution is -0.123. The van der Waals surface area contributed by atoms with Crippen LogP contribution in [0, 0.1) is 11.8 Å². The van der Waals surface area contributed by atoms with Gasteiger partial charge in [-0.3, -0.25) is 9.69 Å². The van der Waals surface area contributed by atoms with E-state index >= 15 is 0 Å². The number of carbonyl (C=O) groups is 1. The zero-order chi connectivity index (χ0) is 15.1. The highest BCUT2D eigenvalue weighted by Gasteiger charge is 2.23. The van der Waals surface area contributed by atoms with Gasteiger partial charge in [0, 0.05) is 25.2 Å². The number of nitrogens with two attached hydrogens (primary N) is 1. The average Bonchev–Trinajstić information content (AvgIpc) is 2.25. The Hall–Kier alpha value is -0.610. The molecule has 0 aliphatic carbocycles. The molecule has 0 bridgehead atoms. The maximum atomic E-state index is 12.0. The van der Waals surface area contributed by atoms with Crippen LogP contribution in [-0.4, -0.2) is 42.5 Å². The van der Waals surface area contributed by atoms with Gasteiger partial charge in [-0.25, -0.2) is 0 Å². The smallest absolute Gasteiger partial charge is 0.234 e. The molecule has 1 rings (SSSR count). The number of piperidine rings is 1. The van der Waals surface area contributed by atoms with Crippen LogP contribution in [0.15, 0.2) is 0 Å². The molecule has 20 heavy (non-hydrogen) atoms. The van der Waals surface area contributed by atoms with Crippen LogP contribution < -0.4 is 11.1 Å². The maximum Gasteiger partial charge on any atom is 0.234 e. The quantitative estimate of drug-likeness (QED) is 0.751. The summed E-state index contributed by atoms with van der Waals surface area (Å²) in [6.45, 7) is 11.1. The average molecular weight is 283 g/mol. The third-order valence-corrected chi connectivity index (χ3v) is 3.96. The van der Waals surface area contributed by atoms with Crippen LogP contribution in [0.3, 0.4) is 0 Å². The Kier molecular flexibility index (Phi) is 7.52. The molecule has 1 amide bonds. The third kappa shape index (κ3) is 7.25. The number of hydrogen-bond donors (Lipinski definition) is 2. The fraction of sp³-hybridized carbons (Fsp3) is 0.938. The highest BCUT2D eigenvalue weighted by molar-refractivity contribution is 5.78. The molecule has 1 fully saturated rings. The van der Waals surface area contributed by atoms with E-state index in [1.807, 2.05) is 0 Å². The van der Waals surface area contributed by atoms with E-state index in [-0.39, 0.29) is 18.0 Å². The van der Waals surface area contributed by atoms with Crippen molar-refractivity contribution in [1.82, 2.24) is 10.2 Å². The topological polar surface area (TPSA) is 58.4 Å². The van der Waals surface area contributed by atoms with E-state index in [4.69, 9.17) is 5.73 Å². The highest BCUT2D eigenvalue weighted by atomic mass is 16.2. The molecule has 0 aromatic rings. The van der Waals surface area contributed by atoms with Gasteiger partial charge in [0.25, 0.3) is 0 Å². The summed E-state index contributed by atoms with van der Waals surface area (Å²) in [4.78, 5) is 14.2. The second kappa shape index (κ2) is 8.63. The predicted octanol–water partition coefficient (Wildman–Crippen LogP) is 1.99. The van der Waals surface area contributed by atoms with Crippen LogP contribution in [0.1, 0.15) is 53.4 Å². The number of likely N-dealkylation sites (tertiary alicyclic amines) is 1. The molecule has 0 radical (unpaired) electrons. The number of hydrogen-bond acceptors (Lipinski definition) is 3. The molecular formula is C16H33N3O. The molecule has 1 aliphatic heterocycles. The van der Waals surface area contributed by atoms with E-state index in [1.165, 1.54) is 12.8 Å². The lowest BCUT2D eigenvalue weighted by Crippen LogP contribution is -2.50. The second-order valence-electron chi connectivity index (χ2n) is 7.09. The van der Waals surface area contributed by atoms with Crippen molar-refractivity contribution in [2.45, 2.75) is 65.5 Å².